The summed E-state index contributed by atoms with van der Waals surface area (Å²) in [7, 11) is 1.38. The minimum atomic E-state index is -0.417. The predicted molar refractivity (Wildman–Crippen MR) is 78.2 cm³/mol. The van der Waals surface area contributed by atoms with Crippen LogP contribution in [0.4, 0.5) is 0 Å². The quantitative estimate of drug-likeness (QED) is 0.752. The number of ketones is 1. The summed E-state index contributed by atoms with van der Waals surface area (Å²) in [6.45, 7) is 0. The summed E-state index contributed by atoms with van der Waals surface area (Å²) in [5.74, 6) is -0.742. The van der Waals surface area contributed by atoms with Crippen molar-refractivity contribution in [3.8, 4) is 11.1 Å². The fourth-order valence-corrected chi connectivity index (χ4v) is 3.76. The number of esters is 1. The first-order valence-electron chi connectivity index (χ1n) is 7.05. The highest BCUT2D eigenvalue weighted by Crippen LogP contribution is 2.53. The van der Waals surface area contributed by atoms with E-state index in [9.17, 15) is 9.59 Å². The first-order valence-corrected chi connectivity index (χ1v) is 7.05. The van der Waals surface area contributed by atoms with Crippen LogP contribution in [-0.4, -0.2) is 18.9 Å². The molecule has 0 amide bonds. The van der Waals surface area contributed by atoms with Crippen LogP contribution >= 0.6 is 0 Å². The molecule has 2 aromatic rings. The van der Waals surface area contributed by atoms with Crippen LogP contribution < -0.4 is 0 Å². The molecule has 2 aliphatic carbocycles. The van der Waals surface area contributed by atoms with Crippen LogP contribution in [-0.2, 0) is 9.53 Å². The second-order valence-electron chi connectivity index (χ2n) is 5.59. The molecule has 3 heteroatoms. The van der Waals surface area contributed by atoms with Gasteiger partial charge < -0.3 is 4.74 Å². The average molecular weight is 278 g/mol. The van der Waals surface area contributed by atoms with Crippen LogP contribution in [0.15, 0.2) is 42.5 Å². The highest BCUT2D eigenvalue weighted by Gasteiger charge is 2.45. The summed E-state index contributed by atoms with van der Waals surface area (Å²) in [6, 6.07) is 13.9. The molecule has 0 fully saturated rings. The lowest BCUT2D eigenvalue weighted by Gasteiger charge is -2.28. The van der Waals surface area contributed by atoms with Crippen molar-refractivity contribution in [2.45, 2.75) is 12.3 Å². The lowest BCUT2D eigenvalue weighted by atomic mass is 9.74. The normalized spacial score (nSPS) is 21.7. The first kappa shape index (κ1) is 12.3. The molecule has 2 aliphatic rings. The summed E-state index contributed by atoms with van der Waals surface area (Å²) < 4.78 is 4.93. The molecule has 21 heavy (non-hydrogen) atoms. The van der Waals surface area contributed by atoms with E-state index in [2.05, 4.69) is 12.1 Å². The van der Waals surface area contributed by atoms with Gasteiger partial charge in [-0.05, 0) is 22.3 Å². The summed E-state index contributed by atoms with van der Waals surface area (Å²) in [5, 5.41) is 0. The van der Waals surface area contributed by atoms with E-state index < -0.39 is 5.92 Å². The van der Waals surface area contributed by atoms with E-state index in [-0.39, 0.29) is 24.1 Å². The van der Waals surface area contributed by atoms with Crippen LogP contribution in [0.2, 0.25) is 0 Å². The molecule has 3 nitrogen and oxygen atoms in total. The number of Topliss-reactive ketones (excluding diaryl/α,β-unsaturated/α-hetero) is 1. The van der Waals surface area contributed by atoms with Gasteiger partial charge in [-0.1, -0.05) is 42.5 Å². The standard InChI is InChI=1S/C18H14O3/c1-21-18(20)14-9-15(19)13-8-4-7-12-10-5-2-3-6-11(10)17(14)16(12)13/h2-8,14,17H,9H2,1H3/t14-,17-/m0/s1. The van der Waals surface area contributed by atoms with Crippen molar-refractivity contribution in [1.29, 1.82) is 0 Å². The van der Waals surface area contributed by atoms with Gasteiger partial charge in [0.1, 0.15) is 0 Å². The minimum absolute atomic E-state index is 0.0336. The number of ether oxygens (including phenoxy) is 1. The first-order chi connectivity index (χ1) is 10.2. The summed E-state index contributed by atoms with van der Waals surface area (Å²) in [5.41, 5.74) is 5.10. The second-order valence-corrected chi connectivity index (χ2v) is 5.59. The SMILES string of the molecule is COC(=O)[C@H]1CC(=O)c2cccc3c2[C@H]1c1ccccc1-3. The third kappa shape index (κ3) is 1.54. The van der Waals surface area contributed by atoms with Crippen LogP contribution in [0.1, 0.15) is 33.8 Å². The van der Waals surface area contributed by atoms with Gasteiger partial charge >= 0.3 is 5.97 Å². The molecular weight excluding hydrogens is 264 g/mol. The van der Waals surface area contributed by atoms with E-state index >= 15 is 0 Å². The molecule has 0 heterocycles. The van der Waals surface area contributed by atoms with E-state index in [1.807, 2.05) is 30.3 Å². The van der Waals surface area contributed by atoms with Crippen LogP contribution in [0, 0.1) is 5.92 Å². The molecule has 0 saturated heterocycles. The zero-order valence-corrected chi connectivity index (χ0v) is 11.6. The Morgan fingerprint density at radius 1 is 1.05 bits per heavy atom. The Morgan fingerprint density at radius 2 is 1.76 bits per heavy atom. The molecule has 0 N–H and O–H groups in total. The fourth-order valence-electron chi connectivity index (χ4n) is 3.76. The number of carbonyl (C=O) groups is 2. The van der Waals surface area contributed by atoms with Gasteiger partial charge in [-0.25, -0.2) is 0 Å². The Kier molecular flexibility index (Phi) is 2.52. The predicted octanol–water partition coefficient (Wildman–Crippen LogP) is 3.17. The van der Waals surface area contributed by atoms with E-state index in [4.69, 9.17) is 4.74 Å². The molecule has 0 radical (unpaired) electrons. The number of benzene rings is 2. The van der Waals surface area contributed by atoms with Crippen molar-refractivity contribution in [2.24, 2.45) is 5.92 Å². The molecule has 4 rings (SSSR count). The second kappa shape index (κ2) is 4.29. The maximum atomic E-state index is 12.4. The van der Waals surface area contributed by atoms with Gasteiger partial charge in [0.2, 0.25) is 0 Å². The lowest BCUT2D eigenvalue weighted by molar-refractivity contribution is -0.145. The molecule has 0 aromatic heterocycles. The van der Waals surface area contributed by atoms with Gasteiger partial charge in [-0.2, -0.15) is 0 Å². The largest absolute Gasteiger partial charge is 0.469 e. The van der Waals surface area contributed by atoms with Crippen molar-refractivity contribution in [1.82, 2.24) is 0 Å². The Balaban J connectivity index is 2.02. The van der Waals surface area contributed by atoms with Crippen LogP contribution in [0.25, 0.3) is 11.1 Å². The molecule has 2 aromatic carbocycles. The summed E-state index contributed by atoms with van der Waals surface area (Å²) >= 11 is 0. The molecular formula is C18H14O3. The zero-order valence-electron chi connectivity index (χ0n) is 11.6. The summed E-state index contributed by atoms with van der Waals surface area (Å²) in [6.07, 6.45) is 0.224. The van der Waals surface area contributed by atoms with E-state index in [1.54, 1.807) is 0 Å². The number of rotatable bonds is 1. The molecule has 0 spiro atoms. The van der Waals surface area contributed by atoms with Gasteiger partial charge in [0.15, 0.2) is 5.78 Å². The lowest BCUT2D eigenvalue weighted by Crippen LogP contribution is -2.31. The third-order valence-electron chi connectivity index (χ3n) is 4.62. The maximum Gasteiger partial charge on any atom is 0.310 e. The zero-order chi connectivity index (χ0) is 14.6. The van der Waals surface area contributed by atoms with E-state index in [1.165, 1.54) is 7.11 Å². The topological polar surface area (TPSA) is 43.4 Å². The monoisotopic (exact) mass is 278 g/mol. The maximum absolute atomic E-state index is 12.4. The van der Waals surface area contributed by atoms with Gasteiger partial charge in [0.25, 0.3) is 0 Å². The third-order valence-corrected chi connectivity index (χ3v) is 4.62. The molecule has 0 aliphatic heterocycles. The van der Waals surface area contributed by atoms with E-state index in [0.29, 0.717) is 0 Å². The molecule has 0 bridgehead atoms. The minimum Gasteiger partial charge on any atom is -0.469 e. The van der Waals surface area contributed by atoms with Gasteiger partial charge in [0, 0.05) is 17.9 Å². The Bertz CT molecular complexity index is 776. The van der Waals surface area contributed by atoms with Gasteiger partial charge in [-0.15, -0.1) is 0 Å². The highest BCUT2D eigenvalue weighted by atomic mass is 16.5. The number of carbonyl (C=O) groups excluding carboxylic acids is 2. The average Bonchev–Trinajstić information content (AvgIpc) is 2.86. The van der Waals surface area contributed by atoms with Gasteiger partial charge in [0.05, 0.1) is 13.0 Å². The smallest absolute Gasteiger partial charge is 0.310 e. The number of fused-ring (bicyclic) bond motifs is 3. The van der Waals surface area contributed by atoms with Crippen molar-refractivity contribution in [2.75, 3.05) is 7.11 Å². The molecule has 2 atom stereocenters. The Labute approximate surface area is 122 Å². The van der Waals surface area contributed by atoms with Crippen LogP contribution in [0.3, 0.4) is 0 Å². The highest BCUT2D eigenvalue weighted by molar-refractivity contribution is 6.05. The Hall–Kier alpha value is -2.42. The number of methoxy groups -OCH3 is 1. The molecule has 0 unspecified atom stereocenters. The Morgan fingerprint density at radius 3 is 2.57 bits per heavy atom. The van der Waals surface area contributed by atoms with Crippen molar-refractivity contribution >= 4 is 11.8 Å². The van der Waals surface area contributed by atoms with E-state index in [0.717, 1.165) is 27.8 Å². The summed E-state index contributed by atoms with van der Waals surface area (Å²) in [4.78, 5) is 24.5. The number of hydrogen-bond acceptors (Lipinski definition) is 3. The van der Waals surface area contributed by atoms with Crippen molar-refractivity contribution in [3.63, 3.8) is 0 Å². The fraction of sp³-hybridized carbons (Fsp3) is 0.222. The molecule has 0 saturated carbocycles. The van der Waals surface area contributed by atoms with Crippen molar-refractivity contribution < 1.29 is 14.3 Å². The number of hydrogen-bond donors (Lipinski definition) is 0. The molecule has 104 valence electrons. The van der Waals surface area contributed by atoms with Crippen LogP contribution in [0.5, 0.6) is 0 Å². The van der Waals surface area contributed by atoms with Gasteiger partial charge in [-0.3, -0.25) is 9.59 Å². The van der Waals surface area contributed by atoms with Crippen molar-refractivity contribution in [3.05, 3.63) is 59.2 Å².